The maximum absolute atomic E-state index is 11.5. The van der Waals surface area contributed by atoms with E-state index >= 15 is 0 Å². The molecule has 0 bridgehead atoms. The molecule has 2 aliphatic heterocycles. The van der Waals surface area contributed by atoms with Gasteiger partial charge in [-0.25, -0.2) is 4.79 Å². The van der Waals surface area contributed by atoms with Crippen LogP contribution in [-0.4, -0.2) is 23.0 Å². The van der Waals surface area contributed by atoms with Crippen LogP contribution in [0.15, 0.2) is 35.0 Å². The molecule has 0 atom stereocenters. The Morgan fingerprint density at radius 3 is 2.35 bits per heavy atom. The second-order valence-electron chi connectivity index (χ2n) is 3.35. The first-order valence-electron chi connectivity index (χ1n) is 4.65. The van der Waals surface area contributed by atoms with E-state index in [9.17, 15) is 19.5 Å². The first-order chi connectivity index (χ1) is 8.00. The molecule has 88 valence electrons. The molecule has 2 aliphatic rings. The highest BCUT2D eigenvalue weighted by Gasteiger charge is 2.32. The highest BCUT2D eigenvalue weighted by molar-refractivity contribution is 6.29. The summed E-state index contributed by atoms with van der Waals surface area (Å²) in [5.74, 6) is -1.88. The third-order valence-electron chi connectivity index (χ3n) is 2.25. The van der Waals surface area contributed by atoms with E-state index in [0.717, 1.165) is 0 Å². The molecule has 0 saturated carbocycles. The van der Waals surface area contributed by atoms with Gasteiger partial charge in [-0.05, 0) is 13.0 Å². The summed E-state index contributed by atoms with van der Waals surface area (Å²) in [6.07, 6.45) is 2.50. The normalized spacial score (nSPS) is 20.2. The number of amides is 4. The van der Waals surface area contributed by atoms with Gasteiger partial charge in [0.25, 0.3) is 11.8 Å². The van der Waals surface area contributed by atoms with Gasteiger partial charge in [-0.2, -0.15) is 0 Å². The highest BCUT2D eigenvalue weighted by atomic mass is 16.5. The average molecular weight is 236 g/mol. The van der Waals surface area contributed by atoms with Crippen molar-refractivity contribution >= 4 is 17.8 Å². The van der Waals surface area contributed by atoms with Crippen molar-refractivity contribution in [1.29, 1.82) is 0 Å². The van der Waals surface area contributed by atoms with Gasteiger partial charge in [-0.1, -0.05) is 0 Å². The Balaban J connectivity index is 2.54. The zero-order valence-electron chi connectivity index (χ0n) is 8.73. The topological polar surface area (TPSA) is 105 Å². The Morgan fingerprint density at radius 2 is 1.76 bits per heavy atom. The fraction of sp³-hybridized carbons (Fsp3) is 0.100. The standard InChI is InChI=1S/C10H8N2O5/c1-4-7(13)5(2-3-17-4)6-8(14)11-10(16)12-9(6)15/h2-3,13H,1H3,(H2,11,12,14,15,16). The summed E-state index contributed by atoms with van der Waals surface area (Å²) in [6, 6.07) is -0.888. The molecule has 0 radical (unpaired) electrons. The summed E-state index contributed by atoms with van der Waals surface area (Å²) in [5, 5.41) is 13.5. The van der Waals surface area contributed by atoms with Crippen molar-refractivity contribution in [1.82, 2.24) is 10.6 Å². The van der Waals surface area contributed by atoms with Crippen molar-refractivity contribution in [2.45, 2.75) is 6.92 Å². The smallest absolute Gasteiger partial charge is 0.328 e. The molecule has 0 spiro atoms. The number of urea groups is 1. The molecule has 3 N–H and O–H groups in total. The Bertz CT molecular complexity index is 505. The monoisotopic (exact) mass is 236 g/mol. The van der Waals surface area contributed by atoms with E-state index < -0.39 is 17.8 Å². The third-order valence-corrected chi connectivity index (χ3v) is 2.25. The quantitative estimate of drug-likeness (QED) is 0.405. The molecule has 0 aromatic carbocycles. The average Bonchev–Trinajstić information content (AvgIpc) is 2.23. The first-order valence-corrected chi connectivity index (χ1v) is 4.65. The van der Waals surface area contributed by atoms with E-state index in [2.05, 4.69) is 0 Å². The Hall–Kier alpha value is -2.57. The van der Waals surface area contributed by atoms with Crippen LogP contribution in [-0.2, 0) is 14.3 Å². The minimum atomic E-state index is -0.888. The summed E-state index contributed by atoms with van der Waals surface area (Å²) >= 11 is 0. The number of imide groups is 2. The summed E-state index contributed by atoms with van der Waals surface area (Å²) < 4.78 is 4.89. The van der Waals surface area contributed by atoms with Crippen LogP contribution < -0.4 is 10.6 Å². The second kappa shape index (κ2) is 3.78. The van der Waals surface area contributed by atoms with Crippen LogP contribution in [0.1, 0.15) is 6.92 Å². The third kappa shape index (κ3) is 1.78. The number of rotatable bonds is 0. The van der Waals surface area contributed by atoms with Crippen LogP contribution >= 0.6 is 0 Å². The molecule has 1 saturated heterocycles. The molecule has 4 amide bonds. The number of ether oxygens (including phenoxy) is 1. The molecule has 17 heavy (non-hydrogen) atoms. The zero-order chi connectivity index (χ0) is 12.6. The number of hydrogen-bond donors (Lipinski definition) is 3. The number of hydrogen-bond acceptors (Lipinski definition) is 5. The van der Waals surface area contributed by atoms with Gasteiger partial charge in [0, 0.05) is 5.57 Å². The first kappa shape index (κ1) is 10.9. The lowest BCUT2D eigenvalue weighted by Gasteiger charge is -2.18. The molecule has 2 rings (SSSR count). The Morgan fingerprint density at radius 1 is 1.18 bits per heavy atom. The van der Waals surface area contributed by atoms with Gasteiger partial charge in [0.05, 0.1) is 6.26 Å². The molecule has 0 aromatic rings. The number of carbonyl (C=O) groups is 3. The van der Waals surface area contributed by atoms with Gasteiger partial charge in [0.1, 0.15) is 11.3 Å². The Kier molecular flexibility index (Phi) is 2.43. The van der Waals surface area contributed by atoms with Crippen LogP contribution in [0.2, 0.25) is 0 Å². The second-order valence-corrected chi connectivity index (χ2v) is 3.35. The lowest BCUT2D eigenvalue weighted by molar-refractivity contribution is -0.124. The van der Waals surface area contributed by atoms with Crippen molar-refractivity contribution in [3.63, 3.8) is 0 Å². The molecule has 1 fully saturated rings. The van der Waals surface area contributed by atoms with Crippen LogP contribution in [0.25, 0.3) is 0 Å². The molecule has 0 unspecified atom stereocenters. The highest BCUT2D eigenvalue weighted by Crippen LogP contribution is 2.24. The lowest BCUT2D eigenvalue weighted by atomic mass is 10.0. The van der Waals surface area contributed by atoms with Crippen molar-refractivity contribution in [3.05, 3.63) is 35.0 Å². The predicted molar refractivity (Wildman–Crippen MR) is 54.3 cm³/mol. The van der Waals surface area contributed by atoms with Gasteiger partial charge in [0.15, 0.2) is 5.76 Å². The van der Waals surface area contributed by atoms with E-state index in [-0.39, 0.29) is 22.7 Å². The van der Waals surface area contributed by atoms with Crippen LogP contribution in [0.4, 0.5) is 4.79 Å². The maximum Gasteiger partial charge on any atom is 0.328 e. The summed E-state index contributed by atoms with van der Waals surface area (Å²) in [5.41, 5.74) is -0.322. The van der Waals surface area contributed by atoms with Crippen molar-refractivity contribution < 1.29 is 24.2 Å². The number of allylic oxidation sites excluding steroid dienone is 2. The number of aliphatic hydroxyl groups is 1. The number of aliphatic hydroxyl groups excluding tert-OH is 1. The van der Waals surface area contributed by atoms with Crippen molar-refractivity contribution in [2.24, 2.45) is 0 Å². The molecular weight excluding hydrogens is 228 g/mol. The van der Waals surface area contributed by atoms with Crippen LogP contribution in [0.3, 0.4) is 0 Å². The summed E-state index contributed by atoms with van der Waals surface area (Å²) in [6.45, 7) is 1.48. The molecule has 0 aromatic heterocycles. The largest absolute Gasteiger partial charge is 0.504 e. The number of carbonyl (C=O) groups excluding carboxylic acids is 3. The van der Waals surface area contributed by atoms with E-state index in [1.165, 1.54) is 19.3 Å². The van der Waals surface area contributed by atoms with Crippen molar-refractivity contribution in [2.75, 3.05) is 0 Å². The Labute approximate surface area is 95.4 Å². The van der Waals surface area contributed by atoms with Crippen molar-refractivity contribution in [3.8, 4) is 0 Å². The molecular formula is C10H8N2O5. The van der Waals surface area contributed by atoms with Gasteiger partial charge in [0.2, 0.25) is 0 Å². The fourth-order valence-corrected chi connectivity index (χ4v) is 1.44. The summed E-state index contributed by atoms with van der Waals surface area (Å²) in [4.78, 5) is 33.9. The fourth-order valence-electron chi connectivity index (χ4n) is 1.44. The lowest BCUT2D eigenvalue weighted by Crippen LogP contribution is -2.52. The molecule has 7 heteroatoms. The van der Waals surface area contributed by atoms with Gasteiger partial charge in [-0.15, -0.1) is 0 Å². The number of barbiturate groups is 1. The summed E-state index contributed by atoms with van der Waals surface area (Å²) in [7, 11) is 0. The SMILES string of the molecule is CC1=C(O)C(=C2C(=O)NC(=O)NC2=O)C=CO1. The minimum absolute atomic E-state index is 0.0104. The molecule has 2 heterocycles. The van der Waals surface area contributed by atoms with Gasteiger partial charge in [-0.3, -0.25) is 20.2 Å². The van der Waals surface area contributed by atoms with E-state index in [0.29, 0.717) is 0 Å². The minimum Gasteiger partial charge on any atom is -0.504 e. The van der Waals surface area contributed by atoms with Crippen LogP contribution in [0.5, 0.6) is 0 Å². The van der Waals surface area contributed by atoms with Gasteiger partial charge < -0.3 is 9.84 Å². The van der Waals surface area contributed by atoms with E-state index in [4.69, 9.17) is 4.74 Å². The maximum atomic E-state index is 11.5. The van der Waals surface area contributed by atoms with Gasteiger partial charge >= 0.3 is 6.03 Å². The predicted octanol–water partition coefficient (Wildman–Crippen LogP) is -0.0176. The van der Waals surface area contributed by atoms with E-state index in [1.54, 1.807) is 0 Å². The van der Waals surface area contributed by atoms with Crippen LogP contribution in [0, 0.1) is 0 Å². The molecule has 7 nitrogen and oxygen atoms in total. The van der Waals surface area contributed by atoms with E-state index in [1.807, 2.05) is 10.6 Å². The number of nitrogens with one attached hydrogen (secondary N) is 2. The molecule has 0 aliphatic carbocycles. The zero-order valence-corrected chi connectivity index (χ0v) is 8.73.